The van der Waals surface area contributed by atoms with Gasteiger partial charge in [-0.15, -0.1) is 0 Å². The molecule has 0 radical (unpaired) electrons. The van der Waals surface area contributed by atoms with Crippen molar-refractivity contribution in [3.05, 3.63) is 18.0 Å². The average molecular weight is 299 g/mol. The van der Waals surface area contributed by atoms with Crippen LogP contribution in [0.3, 0.4) is 0 Å². The largest absolute Gasteiger partial charge is 0.363 e. The second kappa shape index (κ2) is 6.74. The van der Waals surface area contributed by atoms with Gasteiger partial charge in [-0.2, -0.15) is 0 Å². The first-order valence-electron chi connectivity index (χ1n) is 7.41. The molecule has 1 aliphatic rings. The lowest BCUT2D eigenvalue weighted by Crippen LogP contribution is -2.37. The van der Waals surface area contributed by atoms with E-state index in [0.717, 1.165) is 31.5 Å². The van der Waals surface area contributed by atoms with E-state index < -0.39 is 10.0 Å². The van der Waals surface area contributed by atoms with Crippen LogP contribution in [0.5, 0.6) is 0 Å². The molecule has 0 aromatic carbocycles. The predicted octanol–water partition coefficient (Wildman–Crippen LogP) is 1.98. The summed E-state index contributed by atoms with van der Waals surface area (Å²) in [5.74, 6) is 0.604. The molecule has 0 saturated heterocycles. The third kappa shape index (κ3) is 4.07. The summed E-state index contributed by atoms with van der Waals surface area (Å²) in [6, 6.07) is 1.79. The van der Waals surface area contributed by atoms with Gasteiger partial charge >= 0.3 is 0 Å². The summed E-state index contributed by atoms with van der Waals surface area (Å²) >= 11 is 0. The van der Waals surface area contributed by atoms with E-state index in [1.165, 1.54) is 6.42 Å². The van der Waals surface area contributed by atoms with Crippen molar-refractivity contribution in [2.75, 3.05) is 6.54 Å². The number of aromatic nitrogens is 1. The fourth-order valence-corrected chi connectivity index (χ4v) is 4.06. The molecule has 0 bridgehead atoms. The fourth-order valence-electron chi connectivity index (χ4n) is 2.76. The number of nitrogens with one attached hydrogen (secondary N) is 3. The lowest BCUT2D eigenvalue weighted by Gasteiger charge is -2.27. The molecule has 2 atom stereocenters. The molecule has 20 heavy (non-hydrogen) atoms. The van der Waals surface area contributed by atoms with Crippen molar-refractivity contribution in [2.45, 2.75) is 57.0 Å². The van der Waals surface area contributed by atoms with E-state index in [0.29, 0.717) is 17.4 Å². The summed E-state index contributed by atoms with van der Waals surface area (Å²) in [5, 5.41) is 3.17. The molecule has 0 aliphatic heterocycles. The smallest absolute Gasteiger partial charge is 0.242 e. The SMILES string of the molecule is CCNCc1cc(S(=O)(=O)NC2CCCC(C)C2)c[nH]1. The topological polar surface area (TPSA) is 74.0 Å². The van der Waals surface area contributed by atoms with Gasteiger partial charge in [0.2, 0.25) is 10.0 Å². The highest BCUT2D eigenvalue weighted by molar-refractivity contribution is 7.89. The molecule has 2 unspecified atom stereocenters. The van der Waals surface area contributed by atoms with Crippen LogP contribution in [0.25, 0.3) is 0 Å². The number of sulfonamides is 1. The van der Waals surface area contributed by atoms with Crippen LogP contribution in [-0.2, 0) is 16.6 Å². The van der Waals surface area contributed by atoms with Crippen LogP contribution in [0.4, 0.5) is 0 Å². The van der Waals surface area contributed by atoms with Gasteiger partial charge in [-0.25, -0.2) is 13.1 Å². The van der Waals surface area contributed by atoms with Gasteiger partial charge < -0.3 is 10.3 Å². The number of hydrogen-bond donors (Lipinski definition) is 3. The lowest BCUT2D eigenvalue weighted by molar-refractivity contribution is 0.327. The minimum absolute atomic E-state index is 0.0795. The van der Waals surface area contributed by atoms with Crippen LogP contribution in [0, 0.1) is 5.92 Å². The second-order valence-electron chi connectivity index (χ2n) is 5.73. The minimum atomic E-state index is -3.40. The molecule has 1 saturated carbocycles. The van der Waals surface area contributed by atoms with E-state index in [4.69, 9.17) is 0 Å². The van der Waals surface area contributed by atoms with Crippen molar-refractivity contribution in [3.63, 3.8) is 0 Å². The molecule has 3 N–H and O–H groups in total. The number of H-pyrrole nitrogens is 1. The Kier molecular flexibility index (Phi) is 5.23. The lowest BCUT2D eigenvalue weighted by atomic mass is 9.88. The Balaban J connectivity index is 2.00. The zero-order valence-electron chi connectivity index (χ0n) is 12.3. The maximum Gasteiger partial charge on any atom is 0.242 e. The molecule has 1 aromatic rings. The highest BCUT2D eigenvalue weighted by Gasteiger charge is 2.25. The van der Waals surface area contributed by atoms with E-state index in [-0.39, 0.29) is 6.04 Å². The van der Waals surface area contributed by atoms with Crippen molar-refractivity contribution in [1.82, 2.24) is 15.0 Å². The van der Waals surface area contributed by atoms with E-state index in [2.05, 4.69) is 21.9 Å². The molecule has 0 amide bonds. The predicted molar refractivity (Wildman–Crippen MR) is 79.9 cm³/mol. The summed E-state index contributed by atoms with van der Waals surface area (Å²) in [5.41, 5.74) is 0.893. The average Bonchev–Trinajstić information content (AvgIpc) is 2.85. The highest BCUT2D eigenvalue weighted by Crippen LogP contribution is 2.25. The molecule has 6 heteroatoms. The Labute approximate surface area is 121 Å². The summed E-state index contributed by atoms with van der Waals surface area (Å²) in [6.07, 6.45) is 5.76. The molecule has 1 heterocycles. The van der Waals surface area contributed by atoms with Gasteiger partial charge in [-0.3, -0.25) is 0 Å². The number of hydrogen-bond acceptors (Lipinski definition) is 3. The van der Waals surface area contributed by atoms with Crippen LogP contribution in [-0.4, -0.2) is 26.0 Å². The maximum atomic E-state index is 12.3. The van der Waals surface area contributed by atoms with Crippen LogP contribution in [0.15, 0.2) is 17.2 Å². The normalized spacial score (nSPS) is 23.9. The maximum absolute atomic E-state index is 12.3. The van der Waals surface area contributed by atoms with Crippen molar-refractivity contribution < 1.29 is 8.42 Å². The Morgan fingerprint density at radius 1 is 1.40 bits per heavy atom. The van der Waals surface area contributed by atoms with Crippen LogP contribution >= 0.6 is 0 Å². The Bertz CT molecular complexity index is 524. The van der Waals surface area contributed by atoms with Gasteiger partial charge in [0.05, 0.1) is 4.90 Å². The van der Waals surface area contributed by atoms with Crippen LogP contribution in [0.1, 0.15) is 45.2 Å². The van der Waals surface area contributed by atoms with E-state index in [1.54, 1.807) is 12.3 Å². The third-order valence-corrected chi connectivity index (χ3v) is 5.35. The van der Waals surface area contributed by atoms with E-state index >= 15 is 0 Å². The fraction of sp³-hybridized carbons (Fsp3) is 0.714. The summed E-state index contributed by atoms with van der Waals surface area (Å²) in [6.45, 7) is 5.73. The molecule has 5 nitrogen and oxygen atoms in total. The van der Waals surface area contributed by atoms with Gasteiger partial charge in [0.15, 0.2) is 0 Å². The zero-order chi connectivity index (χ0) is 14.6. The molecule has 1 aliphatic carbocycles. The second-order valence-corrected chi connectivity index (χ2v) is 7.44. The van der Waals surface area contributed by atoms with Crippen molar-refractivity contribution in [3.8, 4) is 0 Å². The zero-order valence-corrected chi connectivity index (χ0v) is 13.1. The third-order valence-electron chi connectivity index (χ3n) is 3.85. The first-order valence-corrected chi connectivity index (χ1v) is 8.90. The summed E-state index contributed by atoms with van der Waals surface area (Å²) in [7, 11) is -3.40. The Morgan fingerprint density at radius 2 is 2.20 bits per heavy atom. The van der Waals surface area contributed by atoms with Crippen LogP contribution in [0.2, 0.25) is 0 Å². The molecule has 1 aromatic heterocycles. The Morgan fingerprint density at radius 3 is 2.90 bits per heavy atom. The minimum Gasteiger partial charge on any atom is -0.363 e. The standard InChI is InChI=1S/C14H25N3O2S/c1-3-15-9-13-8-14(10-16-13)20(18,19)17-12-6-4-5-11(2)7-12/h8,10-12,15-17H,3-7,9H2,1-2H3. The highest BCUT2D eigenvalue weighted by atomic mass is 32.2. The monoisotopic (exact) mass is 299 g/mol. The van der Waals surface area contributed by atoms with Gasteiger partial charge in [0.25, 0.3) is 0 Å². The molecular weight excluding hydrogens is 274 g/mol. The van der Waals surface area contributed by atoms with Gasteiger partial charge in [-0.1, -0.05) is 26.7 Å². The first-order chi connectivity index (χ1) is 9.51. The molecule has 0 spiro atoms. The number of aromatic amines is 1. The van der Waals surface area contributed by atoms with E-state index in [9.17, 15) is 8.42 Å². The van der Waals surface area contributed by atoms with Gasteiger partial charge in [0, 0.05) is 24.5 Å². The van der Waals surface area contributed by atoms with E-state index in [1.807, 2.05) is 6.92 Å². The van der Waals surface area contributed by atoms with Crippen molar-refractivity contribution in [2.24, 2.45) is 5.92 Å². The van der Waals surface area contributed by atoms with Gasteiger partial charge in [-0.05, 0) is 31.4 Å². The van der Waals surface area contributed by atoms with Crippen molar-refractivity contribution in [1.29, 1.82) is 0 Å². The van der Waals surface area contributed by atoms with Crippen molar-refractivity contribution >= 4 is 10.0 Å². The quantitative estimate of drug-likeness (QED) is 0.752. The van der Waals surface area contributed by atoms with Gasteiger partial charge in [0.1, 0.15) is 0 Å². The molecule has 2 rings (SSSR count). The molecule has 1 fully saturated rings. The first kappa shape index (κ1) is 15.5. The summed E-state index contributed by atoms with van der Waals surface area (Å²) < 4.78 is 27.5. The Hall–Kier alpha value is -0.850. The molecular formula is C14H25N3O2S. The summed E-state index contributed by atoms with van der Waals surface area (Å²) in [4.78, 5) is 3.35. The molecule has 114 valence electrons. The number of rotatable bonds is 6. The van der Waals surface area contributed by atoms with Crippen LogP contribution < -0.4 is 10.0 Å².